The Balaban J connectivity index is 1.56. The maximum atomic E-state index is 6.20. The molecule has 30 heavy (non-hydrogen) atoms. The molecule has 0 radical (unpaired) electrons. The molecule has 4 aromatic rings. The Hall–Kier alpha value is -3.19. The maximum absolute atomic E-state index is 6.20. The van der Waals surface area contributed by atoms with Crippen molar-refractivity contribution in [2.45, 2.75) is 32.7 Å². The number of nitrogen functional groups attached to an aromatic ring is 1. The SMILES string of the molecule is Cc1nn(C2CCN(C)CC2)c(C)c1-c1cnc(N)c(-c2nc3ccccc3o2)c1. The highest BCUT2D eigenvalue weighted by molar-refractivity contribution is 5.81. The Morgan fingerprint density at radius 3 is 2.67 bits per heavy atom. The first-order valence-corrected chi connectivity index (χ1v) is 10.4. The first-order valence-electron chi connectivity index (χ1n) is 10.4. The summed E-state index contributed by atoms with van der Waals surface area (Å²) in [6, 6.07) is 10.2. The van der Waals surface area contributed by atoms with Crippen molar-refractivity contribution in [1.29, 1.82) is 0 Å². The molecule has 2 N–H and O–H groups in total. The van der Waals surface area contributed by atoms with Crippen LogP contribution >= 0.6 is 0 Å². The number of benzene rings is 1. The molecule has 0 aliphatic carbocycles. The lowest BCUT2D eigenvalue weighted by Gasteiger charge is -2.29. The van der Waals surface area contributed by atoms with Gasteiger partial charge in [0, 0.05) is 23.0 Å². The van der Waals surface area contributed by atoms with Crippen molar-refractivity contribution in [2.24, 2.45) is 0 Å². The van der Waals surface area contributed by atoms with Crippen LogP contribution in [0.25, 0.3) is 33.7 Å². The molecule has 4 heterocycles. The molecule has 0 amide bonds. The predicted molar refractivity (Wildman–Crippen MR) is 118 cm³/mol. The van der Waals surface area contributed by atoms with Crippen LogP contribution in [0.1, 0.15) is 30.3 Å². The highest BCUT2D eigenvalue weighted by Gasteiger charge is 2.24. The number of fused-ring (bicyclic) bond motifs is 1. The van der Waals surface area contributed by atoms with Crippen LogP contribution in [0.15, 0.2) is 40.9 Å². The Kier molecular flexibility index (Phi) is 4.55. The number of aromatic nitrogens is 4. The van der Waals surface area contributed by atoms with Crippen molar-refractivity contribution >= 4 is 16.9 Å². The van der Waals surface area contributed by atoms with Gasteiger partial charge in [-0.05, 0) is 65.0 Å². The number of aryl methyl sites for hydroxylation is 1. The largest absolute Gasteiger partial charge is 0.436 e. The molecule has 0 saturated carbocycles. The molecule has 7 nitrogen and oxygen atoms in total. The number of anilines is 1. The highest BCUT2D eigenvalue weighted by Crippen LogP contribution is 2.35. The topological polar surface area (TPSA) is 86.0 Å². The number of rotatable bonds is 3. The second-order valence-corrected chi connectivity index (χ2v) is 8.17. The van der Waals surface area contributed by atoms with E-state index in [0.717, 1.165) is 59.5 Å². The van der Waals surface area contributed by atoms with E-state index in [9.17, 15) is 0 Å². The van der Waals surface area contributed by atoms with Crippen molar-refractivity contribution < 1.29 is 4.42 Å². The fraction of sp³-hybridized carbons (Fsp3) is 0.348. The van der Waals surface area contributed by atoms with Gasteiger partial charge in [0.25, 0.3) is 0 Å². The van der Waals surface area contributed by atoms with Gasteiger partial charge in [0.1, 0.15) is 11.3 Å². The summed E-state index contributed by atoms with van der Waals surface area (Å²) < 4.78 is 8.14. The van der Waals surface area contributed by atoms with Crippen LogP contribution in [0.2, 0.25) is 0 Å². The van der Waals surface area contributed by atoms with E-state index in [4.69, 9.17) is 15.2 Å². The number of hydrogen-bond donors (Lipinski definition) is 1. The molecule has 7 heteroatoms. The second-order valence-electron chi connectivity index (χ2n) is 8.17. The normalized spacial score (nSPS) is 15.8. The number of oxazole rings is 1. The zero-order chi connectivity index (χ0) is 20.8. The van der Waals surface area contributed by atoms with Gasteiger partial charge in [0.05, 0.1) is 17.3 Å². The van der Waals surface area contributed by atoms with Gasteiger partial charge in [-0.25, -0.2) is 9.97 Å². The van der Waals surface area contributed by atoms with Gasteiger partial charge in [-0.15, -0.1) is 0 Å². The van der Waals surface area contributed by atoms with Crippen molar-refractivity contribution in [3.05, 3.63) is 47.9 Å². The summed E-state index contributed by atoms with van der Waals surface area (Å²) in [6.07, 6.45) is 4.05. The van der Waals surface area contributed by atoms with E-state index >= 15 is 0 Å². The minimum atomic E-state index is 0.406. The summed E-state index contributed by atoms with van der Waals surface area (Å²) in [5.74, 6) is 0.893. The zero-order valence-corrected chi connectivity index (χ0v) is 17.6. The van der Waals surface area contributed by atoms with Crippen LogP contribution < -0.4 is 5.73 Å². The predicted octanol–water partition coefficient (Wildman–Crippen LogP) is 4.22. The smallest absolute Gasteiger partial charge is 0.231 e. The molecule has 1 saturated heterocycles. The molecule has 1 fully saturated rings. The van der Waals surface area contributed by atoms with E-state index in [2.05, 4.69) is 40.4 Å². The van der Waals surface area contributed by atoms with E-state index in [-0.39, 0.29) is 0 Å². The summed E-state index contributed by atoms with van der Waals surface area (Å²) in [7, 11) is 2.18. The van der Waals surface area contributed by atoms with Gasteiger partial charge in [0.2, 0.25) is 5.89 Å². The fourth-order valence-corrected chi connectivity index (χ4v) is 4.45. The standard InChI is InChI=1S/C23H26N6O/c1-14-21(15(2)29(27-14)17-8-10-28(3)11-9-17)16-12-18(22(24)25-13-16)23-26-19-6-4-5-7-20(19)30-23/h4-7,12-13,17H,8-11H2,1-3H3,(H2,24,25). The van der Waals surface area contributed by atoms with Crippen LogP contribution in [0.4, 0.5) is 5.82 Å². The average molecular weight is 403 g/mol. The molecule has 1 aliphatic heterocycles. The Bertz CT molecular complexity index is 1180. The number of hydrogen-bond acceptors (Lipinski definition) is 6. The first-order chi connectivity index (χ1) is 14.5. The van der Waals surface area contributed by atoms with Crippen molar-refractivity contribution in [3.8, 4) is 22.6 Å². The highest BCUT2D eigenvalue weighted by atomic mass is 16.3. The van der Waals surface area contributed by atoms with Crippen LogP contribution in [0.3, 0.4) is 0 Å². The van der Waals surface area contributed by atoms with Gasteiger partial charge < -0.3 is 15.1 Å². The second kappa shape index (κ2) is 7.25. The molecular formula is C23H26N6O. The van der Waals surface area contributed by atoms with Crippen LogP contribution in [0, 0.1) is 13.8 Å². The lowest BCUT2D eigenvalue weighted by Crippen LogP contribution is -2.32. The summed E-state index contributed by atoms with van der Waals surface area (Å²) in [5, 5.41) is 4.89. The van der Waals surface area contributed by atoms with E-state index in [1.165, 1.54) is 0 Å². The molecule has 5 rings (SSSR count). The summed E-state index contributed by atoms with van der Waals surface area (Å²) in [4.78, 5) is 11.4. The molecule has 1 aromatic carbocycles. The molecule has 0 unspecified atom stereocenters. The Morgan fingerprint density at radius 2 is 1.90 bits per heavy atom. The van der Waals surface area contributed by atoms with E-state index in [0.29, 0.717) is 23.3 Å². The third-order valence-electron chi connectivity index (χ3n) is 6.09. The van der Waals surface area contributed by atoms with Crippen LogP contribution in [-0.4, -0.2) is 44.8 Å². The van der Waals surface area contributed by atoms with Crippen molar-refractivity contribution in [3.63, 3.8) is 0 Å². The minimum absolute atomic E-state index is 0.406. The van der Waals surface area contributed by atoms with E-state index in [1.807, 2.05) is 36.5 Å². The third kappa shape index (κ3) is 3.15. The molecule has 0 atom stereocenters. The van der Waals surface area contributed by atoms with Gasteiger partial charge >= 0.3 is 0 Å². The number of nitrogens with two attached hydrogens (primary N) is 1. The minimum Gasteiger partial charge on any atom is -0.436 e. The zero-order valence-electron chi connectivity index (χ0n) is 17.6. The van der Waals surface area contributed by atoms with Gasteiger partial charge in [-0.3, -0.25) is 4.68 Å². The summed E-state index contributed by atoms with van der Waals surface area (Å²) in [6.45, 7) is 6.40. The maximum Gasteiger partial charge on any atom is 0.231 e. The number of likely N-dealkylation sites (tertiary alicyclic amines) is 1. The Morgan fingerprint density at radius 1 is 1.13 bits per heavy atom. The molecule has 154 valence electrons. The Labute approximate surface area is 175 Å². The molecule has 0 bridgehead atoms. The summed E-state index contributed by atoms with van der Waals surface area (Å²) >= 11 is 0. The van der Waals surface area contributed by atoms with Crippen molar-refractivity contribution in [2.75, 3.05) is 25.9 Å². The number of nitrogens with zero attached hydrogens (tertiary/aromatic N) is 5. The van der Waals surface area contributed by atoms with Gasteiger partial charge in [-0.1, -0.05) is 12.1 Å². The third-order valence-corrected chi connectivity index (χ3v) is 6.09. The number of pyridine rings is 1. The summed E-state index contributed by atoms with van der Waals surface area (Å²) in [5.41, 5.74) is 12.7. The quantitative estimate of drug-likeness (QED) is 0.552. The van der Waals surface area contributed by atoms with Gasteiger partial charge in [-0.2, -0.15) is 5.10 Å². The lowest BCUT2D eigenvalue weighted by atomic mass is 10.0. The average Bonchev–Trinajstić information content (AvgIpc) is 3.30. The van der Waals surface area contributed by atoms with Gasteiger partial charge in [0.15, 0.2) is 5.58 Å². The molecule has 0 spiro atoms. The van der Waals surface area contributed by atoms with E-state index in [1.54, 1.807) is 0 Å². The lowest BCUT2D eigenvalue weighted by molar-refractivity contribution is 0.210. The number of para-hydroxylation sites is 2. The van der Waals surface area contributed by atoms with E-state index < -0.39 is 0 Å². The van der Waals surface area contributed by atoms with Crippen molar-refractivity contribution in [1.82, 2.24) is 24.6 Å². The first kappa shape index (κ1) is 18.8. The monoisotopic (exact) mass is 402 g/mol. The number of piperidine rings is 1. The molecule has 1 aliphatic rings. The molecule has 3 aromatic heterocycles. The molecular weight excluding hydrogens is 376 g/mol. The van der Waals surface area contributed by atoms with Crippen LogP contribution in [-0.2, 0) is 0 Å². The fourth-order valence-electron chi connectivity index (χ4n) is 4.45. The van der Waals surface area contributed by atoms with Crippen LogP contribution in [0.5, 0.6) is 0 Å².